The molecule has 53 heavy (non-hydrogen) atoms. The first-order valence-corrected chi connectivity index (χ1v) is 20.5. The van der Waals surface area contributed by atoms with Crippen molar-refractivity contribution in [1.82, 2.24) is 9.97 Å². The second-order valence-corrected chi connectivity index (χ2v) is 17.1. The molecular weight excluding hydrogens is 730 g/mol. The molecule has 0 amide bonds. The maximum Gasteiger partial charge on any atom is 0.102 e. The summed E-state index contributed by atoms with van der Waals surface area (Å²) in [6.07, 6.45) is 3.60. The van der Waals surface area contributed by atoms with Gasteiger partial charge in [0.2, 0.25) is 0 Å². The number of hydrogen-bond acceptors (Lipinski definition) is 2. The molecule has 0 bridgehead atoms. The molecule has 0 saturated heterocycles. The Morgan fingerprint density at radius 3 is 0.698 bits per heavy atom. The van der Waals surface area contributed by atoms with E-state index in [0.717, 1.165) is 21.8 Å². The van der Waals surface area contributed by atoms with Crippen LogP contribution in [0.1, 0.15) is 0 Å². The second kappa shape index (κ2) is 19.5. The molecule has 0 fully saturated rings. The third kappa shape index (κ3) is 9.79. The first-order valence-electron chi connectivity index (χ1n) is 17.5. The fourth-order valence-electron chi connectivity index (χ4n) is 6.31. The molecule has 2 nitrogen and oxygen atoms in total. The Morgan fingerprint density at radius 2 is 0.472 bits per heavy atom. The van der Waals surface area contributed by atoms with Crippen molar-refractivity contribution in [3.05, 3.63) is 231 Å². The molecule has 0 saturated carbocycles. The van der Waals surface area contributed by atoms with Crippen LogP contribution in [-0.2, 0) is 17.1 Å². The Kier molecular flexibility index (Phi) is 13.8. The Bertz CT molecular complexity index is 2040. The van der Waals surface area contributed by atoms with Gasteiger partial charge in [0.05, 0.1) is 26.9 Å². The molecule has 5 heteroatoms. The Balaban J connectivity index is 0.000000136. The van der Waals surface area contributed by atoms with E-state index in [0.29, 0.717) is 0 Å². The van der Waals surface area contributed by atoms with Crippen molar-refractivity contribution < 1.29 is 17.1 Å². The Hall–Kier alpha value is -5.26. The summed E-state index contributed by atoms with van der Waals surface area (Å²) in [4.78, 5) is 8.69. The van der Waals surface area contributed by atoms with Crippen molar-refractivity contribution in [2.75, 3.05) is 0 Å². The van der Waals surface area contributed by atoms with Crippen molar-refractivity contribution in [2.24, 2.45) is 0 Å². The third-order valence-corrected chi connectivity index (χ3v) is 14.2. The Labute approximate surface area is 325 Å². The van der Waals surface area contributed by atoms with Crippen LogP contribution in [0.5, 0.6) is 0 Å². The van der Waals surface area contributed by atoms with Gasteiger partial charge < -0.3 is 0 Å². The van der Waals surface area contributed by atoms with Crippen molar-refractivity contribution >= 4 is 69.5 Å². The third-order valence-electron chi connectivity index (χ3n) is 8.72. The van der Waals surface area contributed by atoms with E-state index < -0.39 is 15.8 Å². The van der Waals surface area contributed by atoms with Crippen LogP contribution in [0.4, 0.5) is 0 Å². The monoisotopic (exact) mass is 769 g/mol. The van der Waals surface area contributed by atoms with Gasteiger partial charge in [-0.15, -0.1) is 0 Å². The summed E-state index contributed by atoms with van der Waals surface area (Å²) < 4.78 is 0. The van der Waals surface area contributed by atoms with Crippen LogP contribution in [0.15, 0.2) is 231 Å². The fraction of sp³-hybridized carbons (Fsp3) is 0. The summed E-state index contributed by atoms with van der Waals surface area (Å²) in [6.45, 7) is 0. The minimum Gasteiger partial charge on any atom is -0.254 e. The van der Waals surface area contributed by atoms with Crippen molar-refractivity contribution in [2.45, 2.75) is 0 Å². The summed E-state index contributed by atoms with van der Waals surface area (Å²) in [7, 11) is -1.75. The smallest absolute Gasteiger partial charge is 0.102 e. The van der Waals surface area contributed by atoms with E-state index in [9.17, 15) is 0 Å². The second-order valence-electron chi connectivity index (χ2n) is 12.2. The molecule has 0 aliphatic rings. The molecule has 0 aliphatic carbocycles. The standard InChI is InChI=1S/2C18H15P.C12H8N2.Cu/c2*1-4-10-16(11-5-1)19(17-12-6-2-7-13-17)18-14-8-3-9-15-18;1-3-9-5-6-10-4-2-8-14-12(10)11(9)13-7-1;/h2*1-15H;1-8H;/p+2. The number of pyridine rings is 2. The predicted molar refractivity (Wildman–Crippen MR) is 230 cm³/mol. The van der Waals surface area contributed by atoms with Crippen LogP contribution in [0.3, 0.4) is 0 Å². The van der Waals surface area contributed by atoms with Gasteiger partial charge in [-0.25, -0.2) is 0 Å². The van der Waals surface area contributed by atoms with Gasteiger partial charge in [-0.05, 0) is 84.9 Å². The molecule has 9 aromatic rings. The molecule has 1 radical (unpaired) electrons. The molecule has 2 aromatic heterocycles. The zero-order chi connectivity index (χ0) is 35.2. The number of nitrogens with zero attached hydrogens (tertiary/aromatic N) is 2. The molecule has 2 heterocycles. The maximum atomic E-state index is 4.35. The van der Waals surface area contributed by atoms with Gasteiger partial charge in [0.15, 0.2) is 0 Å². The zero-order valence-corrected chi connectivity index (χ0v) is 32.1. The Morgan fingerprint density at radius 1 is 0.245 bits per heavy atom. The zero-order valence-electron chi connectivity index (χ0n) is 29.1. The minimum absolute atomic E-state index is 0. The number of aromatic nitrogens is 2. The SMILES string of the molecule is [Cu].c1ccc([PH+](c2ccccc2)c2ccccc2)cc1.c1ccc([PH+](c2ccccc2)c2ccccc2)cc1.c1cnc2c(c1)ccc1cccnc12. The first kappa shape index (κ1) is 37.5. The summed E-state index contributed by atoms with van der Waals surface area (Å²) >= 11 is 0. The van der Waals surface area contributed by atoms with Crippen LogP contribution in [0, 0.1) is 0 Å². The van der Waals surface area contributed by atoms with E-state index in [4.69, 9.17) is 0 Å². The van der Waals surface area contributed by atoms with E-state index in [1.54, 1.807) is 12.4 Å². The van der Waals surface area contributed by atoms with Gasteiger partial charge in [-0.2, -0.15) is 0 Å². The van der Waals surface area contributed by atoms with Crippen LogP contribution in [0.2, 0.25) is 0 Å². The number of rotatable bonds is 6. The maximum absolute atomic E-state index is 4.35. The van der Waals surface area contributed by atoms with Crippen molar-refractivity contribution in [3.63, 3.8) is 0 Å². The van der Waals surface area contributed by atoms with Gasteiger partial charge in [0.1, 0.15) is 31.8 Å². The van der Waals surface area contributed by atoms with E-state index in [1.807, 2.05) is 12.1 Å². The number of benzene rings is 7. The van der Waals surface area contributed by atoms with Crippen LogP contribution < -0.4 is 31.8 Å². The number of hydrogen-bond donors (Lipinski definition) is 0. The van der Waals surface area contributed by atoms with Crippen LogP contribution in [0.25, 0.3) is 21.8 Å². The van der Waals surface area contributed by atoms with Crippen molar-refractivity contribution in [1.29, 1.82) is 0 Å². The minimum atomic E-state index is -0.877. The normalized spacial score (nSPS) is 10.5. The fourth-order valence-corrected chi connectivity index (χ4v) is 11.5. The van der Waals surface area contributed by atoms with E-state index in [-0.39, 0.29) is 17.1 Å². The van der Waals surface area contributed by atoms with E-state index in [2.05, 4.69) is 216 Å². The summed E-state index contributed by atoms with van der Waals surface area (Å²) in [6, 6.07) is 77.1. The molecule has 9 rings (SSSR count). The average molecular weight is 770 g/mol. The molecule has 0 aliphatic heterocycles. The molecule has 0 atom stereocenters. The molecule has 0 N–H and O–H groups in total. The average Bonchev–Trinajstić information content (AvgIpc) is 3.24. The molecule has 0 unspecified atom stereocenters. The van der Waals surface area contributed by atoms with Gasteiger partial charge >= 0.3 is 0 Å². The summed E-state index contributed by atoms with van der Waals surface area (Å²) in [5, 5.41) is 10.9. The molecule has 261 valence electrons. The summed E-state index contributed by atoms with van der Waals surface area (Å²) in [5.74, 6) is 0. The van der Waals surface area contributed by atoms with Crippen molar-refractivity contribution in [3.8, 4) is 0 Å². The predicted octanol–water partition coefficient (Wildman–Crippen LogP) is 9.13. The van der Waals surface area contributed by atoms with Gasteiger partial charge in [0, 0.05) is 40.2 Å². The van der Waals surface area contributed by atoms with Crippen LogP contribution >= 0.6 is 15.8 Å². The van der Waals surface area contributed by atoms with Gasteiger partial charge in [-0.3, -0.25) is 9.97 Å². The van der Waals surface area contributed by atoms with Gasteiger partial charge in [-0.1, -0.05) is 133 Å². The molecular formula is C48H40CuN2P2+2. The topological polar surface area (TPSA) is 25.8 Å². The molecule has 0 spiro atoms. The summed E-state index contributed by atoms with van der Waals surface area (Å²) in [5.41, 5.74) is 1.95. The molecule has 7 aromatic carbocycles. The number of fused-ring (bicyclic) bond motifs is 3. The largest absolute Gasteiger partial charge is 0.254 e. The van der Waals surface area contributed by atoms with E-state index in [1.165, 1.54) is 31.8 Å². The first-order chi connectivity index (χ1) is 25.8. The van der Waals surface area contributed by atoms with Crippen LogP contribution in [-0.4, -0.2) is 9.97 Å². The van der Waals surface area contributed by atoms with E-state index >= 15 is 0 Å². The van der Waals surface area contributed by atoms with Gasteiger partial charge in [0.25, 0.3) is 0 Å². The quantitative estimate of drug-likeness (QED) is 0.0959.